The standard InChI is InChI=1S/C29H28ClN3O5/c1-4-32(23-13-15-24(37-3)16-14-23)29(36)33-26(21-11-8-12-22(30)17-21)25(19(2)31-28(33)35)27(34)38-18-20-9-6-5-7-10-20/h5-17,26H,4,18H2,1-3H3,(H,31,35). The van der Waals surface area contributed by atoms with Gasteiger partial charge in [-0.15, -0.1) is 0 Å². The Morgan fingerprint density at radius 3 is 2.37 bits per heavy atom. The number of carbonyl (C=O) groups excluding carboxylic acids is 3. The van der Waals surface area contributed by atoms with Crippen molar-refractivity contribution in [2.45, 2.75) is 26.5 Å². The van der Waals surface area contributed by atoms with Crippen molar-refractivity contribution in [1.82, 2.24) is 10.2 Å². The minimum atomic E-state index is -1.06. The number of hydrogen-bond acceptors (Lipinski definition) is 5. The molecule has 0 saturated carbocycles. The number of nitrogens with one attached hydrogen (secondary N) is 1. The molecule has 1 aliphatic heterocycles. The molecule has 0 saturated heterocycles. The first-order chi connectivity index (χ1) is 18.3. The Morgan fingerprint density at radius 2 is 1.74 bits per heavy atom. The molecule has 0 radical (unpaired) electrons. The first-order valence-corrected chi connectivity index (χ1v) is 12.4. The molecule has 1 aliphatic rings. The number of urea groups is 2. The van der Waals surface area contributed by atoms with E-state index < -0.39 is 24.1 Å². The molecule has 1 N–H and O–H groups in total. The van der Waals surface area contributed by atoms with Crippen molar-refractivity contribution < 1.29 is 23.9 Å². The highest BCUT2D eigenvalue weighted by molar-refractivity contribution is 6.30. The molecular weight excluding hydrogens is 506 g/mol. The van der Waals surface area contributed by atoms with Crippen LogP contribution in [0.3, 0.4) is 0 Å². The van der Waals surface area contributed by atoms with Gasteiger partial charge < -0.3 is 14.8 Å². The second kappa shape index (κ2) is 11.8. The summed E-state index contributed by atoms with van der Waals surface area (Å²) in [6.45, 7) is 3.72. The molecule has 4 amide bonds. The summed E-state index contributed by atoms with van der Waals surface area (Å²) in [5, 5.41) is 3.07. The molecule has 0 aliphatic carbocycles. The number of halogens is 1. The number of methoxy groups -OCH3 is 1. The van der Waals surface area contributed by atoms with E-state index in [9.17, 15) is 14.4 Å². The smallest absolute Gasteiger partial charge is 0.338 e. The molecule has 9 heteroatoms. The topological polar surface area (TPSA) is 88.2 Å². The highest BCUT2D eigenvalue weighted by Gasteiger charge is 2.43. The maximum atomic E-state index is 14.0. The normalized spacial score (nSPS) is 15.1. The van der Waals surface area contributed by atoms with Crippen LogP contribution in [0.1, 0.15) is 31.0 Å². The minimum absolute atomic E-state index is 0.0353. The predicted octanol–water partition coefficient (Wildman–Crippen LogP) is 6.08. The largest absolute Gasteiger partial charge is 0.497 e. The number of esters is 1. The monoisotopic (exact) mass is 533 g/mol. The molecule has 4 rings (SSSR count). The molecule has 3 aromatic carbocycles. The van der Waals surface area contributed by atoms with E-state index in [2.05, 4.69) is 5.32 Å². The van der Waals surface area contributed by atoms with Gasteiger partial charge in [-0.2, -0.15) is 0 Å². The quantitative estimate of drug-likeness (QED) is 0.372. The predicted molar refractivity (Wildman–Crippen MR) is 145 cm³/mol. The number of nitrogens with zero attached hydrogens (tertiary/aromatic N) is 2. The van der Waals surface area contributed by atoms with Gasteiger partial charge >= 0.3 is 18.0 Å². The second-order valence-electron chi connectivity index (χ2n) is 8.58. The Hall–Kier alpha value is -4.30. The van der Waals surface area contributed by atoms with Crippen LogP contribution in [0.4, 0.5) is 15.3 Å². The zero-order valence-electron chi connectivity index (χ0n) is 21.3. The Kier molecular flexibility index (Phi) is 8.33. The molecule has 0 aromatic heterocycles. The maximum absolute atomic E-state index is 14.0. The van der Waals surface area contributed by atoms with Crippen molar-refractivity contribution in [3.63, 3.8) is 0 Å². The molecule has 3 aromatic rings. The van der Waals surface area contributed by atoms with Gasteiger partial charge in [0.25, 0.3) is 0 Å². The molecule has 1 atom stereocenters. The van der Waals surface area contributed by atoms with E-state index in [-0.39, 0.29) is 18.7 Å². The van der Waals surface area contributed by atoms with Crippen molar-refractivity contribution in [2.24, 2.45) is 0 Å². The molecule has 0 bridgehead atoms. The number of hydrogen-bond donors (Lipinski definition) is 1. The third kappa shape index (κ3) is 5.65. The summed E-state index contributed by atoms with van der Waals surface area (Å²) in [4.78, 5) is 43.3. The van der Waals surface area contributed by atoms with Crippen LogP contribution in [0.15, 0.2) is 90.1 Å². The fourth-order valence-electron chi connectivity index (χ4n) is 4.32. The van der Waals surface area contributed by atoms with Gasteiger partial charge in [0.15, 0.2) is 0 Å². The zero-order chi connectivity index (χ0) is 27.2. The lowest BCUT2D eigenvalue weighted by Gasteiger charge is -2.38. The summed E-state index contributed by atoms with van der Waals surface area (Å²) < 4.78 is 10.9. The number of ether oxygens (including phenoxy) is 2. The van der Waals surface area contributed by atoms with Crippen LogP contribution in [-0.2, 0) is 16.1 Å². The van der Waals surface area contributed by atoms with Gasteiger partial charge in [-0.05, 0) is 61.4 Å². The molecule has 0 spiro atoms. The summed E-state index contributed by atoms with van der Waals surface area (Å²) in [6.07, 6.45) is 0. The SMILES string of the molecule is CCN(C(=O)N1C(=O)NC(C)=C(C(=O)OCc2ccccc2)C1c1cccc(Cl)c1)c1ccc(OC)cc1. The second-order valence-corrected chi connectivity index (χ2v) is 9.02. The zero-order valence-corrected chi connectivity index (χ0v) is 22.1. The molecule has 8 nitrogen and oxygen atoms in total. The van der Waals surface area contributed by atoms with E-state index in [1.54, 1.807) is 69.5 Å². The van der Waals surface area contributed by atoms with Crippen LogP contribution in [0.25, 0.3) is 0 Å². The Morgan fingerprint density at radius 1 is 1.03 bits per heavy atom. The van der Waals surface area contributed by atoms with Crippen molar-refractivity contribution in [3.05, 3.63) is 106 Å². The van der Waals surface area contributed by atoms with Gasteiger partial charge in [-0.1, -0.05) is 54.1 Å². The van der Waals surface area contributed by atoms with Gasteiger partial charge in [-0.25, -0.2) is 19.3 Å². The van der Waals surface area contributed by atoms with E-state index >= 15 is 0 Å². The highest BCUT2D eigenvalue weighted by Crippen LogP contribution is 2.37. The first kappa shape index (κ1) is 26.8. The summed E-state index contributed by atoms with van der Waals surface area (Å²) in [7, 11) is 1.55. The van der Waals surface area contributed by atoms with Gasteiger partial charge in [0.2, 0.25) is 0 Å². The lowest BCUT2D eigenvalue weighted by Crippen LogP contribution is -2.55. The number of benzene rings is 3. The van der Waals surface area contributed by atoms with Crippen LogP contribution in [0, 0.1) is 0 Å². The third-order valence-corrected chi connectivity index (χ3v) is 6.42. The van der Waals surface area contributed by atoms with E-state index in [1.807, 2.05) is 30.3 Å². The van der Waals surface area contributed by atoms with E-state index in [0.717, 1.165) is 10.5 Å². The fraction of sp³-hybridized carbons (Fsp3) is 0.207. The first-order valence-electron chi connectivity index (χ1n) is 12.1. The van der Waals surface area contributed by atoms with E-state index in [4.69, 9.17) is 21.1 Å². The molecule has 38 heavy (non-hydrogen) atoms. The van der Waals surface area contributed by atoms with Crippen LogP contribution in [0.5, 0.6) is 5.75 Å². The van der Waals surface area contributed by atoms with Gasteiger partial charge in [0, 0.05) is 23.0 Å². The number of rotatable bonds is 7. The lowest BCUT2D eigenvalue weighted by molar-refractivity contribution is -0.141. The molecular formula is C29H28ClN3O5. The average Bonchev–Trinajstić information content (AvgIpc) is 2.92. The van der Waals surface area contributed by atoms with Crippen LogP contribution >= 0.6 is 11.6 Å². The van der Waals surface area contributed by atoms with Crippen molar-refractivity contribution in [2.75, 3.05) is 18.6 Å². The van der Waals surface area contributed by atoms with Crippen molar-refractivity contribution in [3.8, 4) is 5.75 Å². The van der Waals surface area contributed by atoms with Crippen molar-refractivity contribution >= 4 is 35.3 Å². The Labute approximate surface area is 226 Å². The fourth-order valence-corrected chi connectivity index (χ4v) is 4.51. The lowest BCUT2D eigenvalue weighted by atomic mass is 9.94. The Bertz CT molecular complexity index is 1360. The maximum Gasteiger partial charge on any atom is 0.338 e. The molecule has 1 unspecified atom stereocenters. The summed E-state index contributed by atoms with van der Waals surface area (Å²) in [5.41, 5.74) is 2.31. The number of anilines is 1. The molecule has 1 heterocycles. The molecule has 196 valence electrons. The van der Waals surface area contributed by atoms with Crippen LogP contribution < -0.4 is 15.0 Å². The van der Waals surface area contributed by atoms with E-state index in [1.165, 1.54) is 4.90 Å². The molecule has 0 fully saturated rings. The van der Waals surface area contributed by atoms with Gasteiger partial charge in [-0.3, -0.25) is 4.90 Å². The highest BCUT2D eigenvalue weighted by atomic mass is 35.5. The van der Waals surface area contributed by atoms with Crippen LogP contribution in [0.2, 0.25) is 5.02 Å². The van der Waals surface area contributed by atoms with Crippen molar-refractivity contribution in [1.29, 1.82) is 0 Å². The summed E-state index contributed by atoms with van der Waals surface area (Å²) >= 11 is 6.29. The number of amides is 4. The van der Waals surface area contributed by atoms with Crippen LogP contribution in [-0.4, -0.2) is 36.6 Å². The number of imide groups is 1. The minimum Gasteiger partial charge on any atom is -0.497 e. The van der Waals surface area contributed by atoms with E-state index in [0.29, 0.717) is 27.7 Å². The third-order valence-electron chi connectivity index (χ3n) is 6.18. The van der Waals surface area contributed by atoms with Gasteiger partial charge in [0.1, 0.15) is 18.4 Å². The summed E-state index contributed by atoms with van der Waals surface area (Å²) in [6, 6.07) is 20.6. The average molecular weight is 534 g/mol. The Balaban J connectivity index is 1.74. The number of carbonyl (C=O) groups is 3. The summed E-state index contributed by atoms with van der Waals surface area (Å²) in [5.74, 6) is -0.0200. The number of allylic oxidation sites excluding steroid dienone is 1. The van der Waals surface area contributed by atoms with Gasteiger partial charge in [0.05, 0.1) is 12.7 Å².